The van der Waals surface area contributed by atoms with Crippen LogP contribution in [0.4, 0.5) is 4.79 Å². The summed E-state index contributed by atoms with van der Waals surface area (Å²) < 4.78 is 5.20. The van der Waals surface area contributed by atoms with Gasteiger partial charge in [0.15, 0.2) is 5.78 Å². The molecule has 1 aromatic heterocycles. The Bertz CT molecular complexity index is 823. The highest BCUT2D eigenvalue weighted by atomic mass is 35.5. The van der Waals surface area contributed by atoms with Gasteiger partial charge in [-0.2, -0.15) is 0 Å². The maximum Gasteiger partial charge on any atom is 0.408 e. The molecule has 0 radical (unpaired) electrons. The highest BCUT2D eigenvalue weighted by molar-refractivity contribution is 5.92. The summed E-state index contributed by atoms with van der Waals surface area (Å²) in [7, 11) is 0. The molecule has 0 fully saturated rings. The standard InChI is InChI=1S/C22H27N3O4.ClH/c1-22(2,3)19(26)14-24-20(27)18(13-16-7-5-4-6-8-16)25-21(28)29-15-17-9-11-23-12-10-17;/h4-12,18H,13-15H2,1-3H3,(H,24,27)(H,25,28);1H/t18-;/m0./s1. The molecule has 2 aromatic rings. The predicted molar refractivity (Wildman–Crippen MR) is 116 cm³/mol. The van der Waals surface area contributed by atoms with Gasteiger partial charge in [-0.3, -0.25) is 14.6 Å². The summed E-state index contributed by atoms with van der Waals surface area (Å²) in [5.41, 5.74) is 1.11. The zero-order valence-electron chi connectivity index (χ0n) is 17.4. The molecule has 0 bridgehead atoms. The highest BCUT2D eigenvalue weighted by Gasteiger charge is 2.25. The van der Waals surface area contributed by atoms with Crippen molar-refractivity contribution in [1.29, 1.82) is 0 Å². The largest absolute Gasteiger partial charge is 0.445 e. The van der Waals surface area contributed by atoms with Gasteiger partial charge in [0.05, 0.1) is 6.54 Å². The van der Waals surface area contributed by atoms with Crippen molar-refractivity contribution in [3.8, 4) is 0 Å². The van der Waals surface area contributed by atoms with Crippen molar-refractivity contribution in [2.75, 3.05) is 6.54 Å². The summed E-state index contributed by atoms with van der Waals surface area (Å²) in [6.45, 7) is 5.34. The maximum atomic E-state index is 12.6. The Labute approximate surface area is 183 Å². The summed E-state index contributed by atoms with van der Waals surface area (Å²) in [4.78, 5) is 40.9. The van der Waals surface area contributed by atoms with E-state index in [1.54, 1.807) is 45.3 Å². The molecule has 0 aliphatic rings. The molecular weight excluding hydrogens is 406 g/mol. The van der Waals surface area contributed by atoms with Crippen LogP contribution < -0.4 is 10.6 Å². The van der Waals surface area contributed by atoms with Gasteiger partial charge < -0.3 is 15.4 Å². The number of nitrogens with one attached hydrogen (secondary N) is 2. The predicted octanol–water partition coefficient (Wildman–Crippen LogP) is 3.07. The minimum absolute atomic E-state index is 0. The third-order valence-corrected chi connectivity index (χ3v) is 4.27. The van der Waals surface area contributed by atoms with Crippen molar-refractivity contribution in [3.05, 3.63) is 66.0 Å². The molecule has 1 atom stereocenters. The van der Waals surface area contributed by atoms with E-state index in [1.165, 1.54) is 0 Å². The minimum Gasteiger partial charge on any atom is -0.445 e. The van der Waals surface area contributed by atoms with E-state index in [0.29, 0.717) is 0 Å². The third kappa shape index (κ3) is 8.61. The monoisotopic (exact) mass is 433 g/mol. The molecule has 2 amide bonds. The van der Waals surface area contributed by atoms with Crippen molar-refractivity contribution in [1.82, 2.24) is 15.6 Å². The fourth-order valence-electron chi connectivity index (χ4n) is 2.43. The number of ether oxygens (including phenoxy) is 1. The Balaban J connectivity index is 0.00000450. The van der Waals surface area contributed by atoms with Crippen LogP contribution in [0.1, 0.15) is 31.9 Å². The molecule has 0 saturated heterocycles. The summed E-state index contributed by atoms with van der Waals surface area (Å²) in [5.74, 6) is -0.531. The van der Waals surface area contributed by atoms with Crippen molar-refractivity contribution < 1.29 is 19.1 Å². The Morgan fingerprint density at radius 1 is 1.00 bits per heavy atom. The van der Waals surface area contributed by atoms with Gasteiger partial charge in [-0.15, -0.1) is 12.4 Å². The Morgan fingerprint density at radius 2 is 1.63 bits per heavy atom. The van der Waals surface area contributed by atoms with Gasteiger partial charge in [0.25, 0.3) is 0 Å². The molecule has 0 aliphatic carbocycles. The lowest BCUT2D eigenvalue weighted by atomic mass is 9.91. The van der Waals surface area contributed by atoms with E-state index in [9.17, 15) is 14.4 Å². The fourth-order valence-corrected chi connectivity index (χ4v) is 2.43. The number of carbonyl (C=O) groups is 3. The van der Waals surface area contributed by atoms with Crippen LogP contribution in [0.15, 0.2) is 54.9 Å². The van der Waals surface area contributed by atoms with E-state index >= 15 is 0 Å². The Kier molecular flexibility index (Phi) is 9.98. The van der Waals surface area contributed by atoms with E-state index in [0.717, 1.165) is 11.1 Å². The fraction of sp³-hybridized carbons (Fsp3) is 0.364. The highest BCUT2D eigenvalue weighted by Crippen LogP contribution is 2.13. The molecule has 0 spiro atoms. The number of rotatable bonds is 8. The van der Waals surface area contributed by atoms with Crippen LogP contribution in [-0.2, 0) is 27.4 Å². The third-order valence-electron chi connectivity index (χ3n) is 4.27. The molecule has 0 aliphatic heterocycles. The van der Waals surface area contributed by atoms with Gasteiger partial charge in [0.1, 0.15) is 12.6 Å². The first-order valence-corrected chi connectivity index (χ1v) is 9.43. The Hall–Kier alpha value is -2.93. The second-order valence-electron chi connectivity index (χ2n) is 7.71. The van der Waals surface area contributed by atoms with Crippen LogP contribution in [0.3, 0.4) is 0 Å². The number of hydrogen-bond donors (Lipinski definition) is 2. The minimum atomic E-state index is -0.866. The van der Waals surface area contributed by atoms with E-state index in [2.05, 4.69) is 15.6 Å². The average molecular weight is 434 g/mol. The molecule has 0 saturated carbocycles. The summed E-state index contributed by atoms with van der Waals surface area (Å²) in [5, 5.41) is 5.22. The van der Waals surface area contributed by atoms with Crippen LogP contribution in [0, 0.1) is 5.41 Å². The number of Topliss-reactive ketones (excluding diaryl/α,β-unsaturated/α-hetero) is 1. The average Bonchev–Trinajstić information content (AvgIpc) is 2.70. The SMILES string of the molecule is CC(C)(C)C(=O)CNC(=O)[C@H](Cc1ccccc1)NC(=O)OCc1ccncc1.Cl. The Morgan fingerprint density at radius 3 is 2.23 bits per heavy atom. The number of pyridine rings is 1. The van der Waals surface area contributed by atoms with Gasteiger partial charge >= 0.3 is 6.09 Å². The first-order valence-electron chi connectivity index (χ1n) is 9.43. The van der Waals surface area contributed by atoms with E-state index < -0.39 is 23.5 Å². The number of nitrogens with zero attached hydrogens (tertiary/aromatic N) is 1. The molecule has 0 unspecified atom stereocenters. The molecule has 30 heavy (non-hydrogen) atoms. The van der Waals surface area contributed by atoms with Gasteiger partial charge in [-0.1, -0.05) is 51.1 Å². The van der Waals surface area contributed by atoms with Crippen molar-refractivity contribution in [2.24, 2.45) is 5.41 Å². The summed E-state index contributed by atoms with van der Waals surface area (Å²) >= 11 is 0. The molecule has 8 heteroatoms. The van der Waals surface area contributed by atoms with Gasteiger partial charge in [0.2, 0.25) is 5.91 Å². The van der Waals surface area contributed by atoms with Crippen LogP contribution >= 0.6 is 12.4 Å². The van der Waals surface area contributed by atoms with Crippen molar-refractivity contribution in [3.63, 3.8) is 0 Å². The van der Waals surface area contributed by atoms with Crippen LogP contribution in [0.25, 0.3) is 0 Å². The number of amides is 2. The smallest absolute Gasteiger partial charge is 0.408 e. The van der Waals surface area contributed by atoms with Crippen LogP contribution in [-0.4, -0.2) is 35.4 Å². The quantitative estimate of drug-likeness (QED) is 0.666. The van der Waals surface area contributed by atoms with Crippen LogP contribution in [0.2, 0.25) is 0 Å². The molecule has 1 heterocycles. The number of aromatic nitrogens is 1. The number of benzene rings is 1. The lowest BCUT2D eigenvalue weighted by Gasteiger charge is -2.21. The van der Waals surface area contributed by atoms with Gasteiger partial charge in [-0.25, -0.2) is 4.79 Å². The molecule has 2 N–H and O–H groups in total. The number of ketones is 1. The first kappa shape index (κ1) is 25.1. The first-order chi connectivity index (χ1) is 13.8. The van der Waals surface area contributed by atoms with Crippen molar-refractivity contribution >= 4 is 30.2 Å². The summed E-state index contributed by atoms with van der Waals surface area (Å²) in [6, 6.07) is 11.9. The summed E-state index contributed by atoms with van der Waals surface area (Å²) in [6.07, 6.45) is 2.78. The molecule has 162 valence electrons. The molecule has 1 aromatic carbocycles. The van der Waals surface area contributed by atoms with Gasteiger partial charge in [-0.05, 0) is 23.3 Å². The number of carbonyl (C=O) groups excluding carboxylic acids is 3. The second-order valence-corrected chi connectivity index (χ2v) is 7.71. The number of alkyl carbamates (subject to hydrolysis) is 1. The molecule has 7 nitrogen and oxygen atoms in total. The van der Waals surface area contributed by atoms with E-state index in [-0.39, 0.29) is 37.8 Å². The molecule has 2 rings (SSSR count). The number of halogens is 1. The zero-order chi connectivity index (χ0) is 21.3. The number of hydrogen-bond acceptors (Lipinski definition) is 5. The van der Waals surface area contributed by atoms with Gasteiger partial charge in [0, 0.05) is 24.2 Å². The zero-order valence-corrected chi connectivity index (χ0v) is 18.2. The van der Waals surface area contributed by atoms with Crippen LogP contribution in [0.5, 0.6) is 0 Å². The maximum absolute atomic E-state index is 12.6. The van der Waals surface area contributed by atoms with E-state index in [1.807, 2.05) is 30.3 Å². The normalized spacial score (nSPS) is 11.6. The second kappa shape index (κ2) is 11.9. The lowest BCUT2D eigenvalue weighted by molar-refractivity contribution is -0.129. The van der Waals surface area contributed by atoms with Crippen molar-refractivity contribution in [2.45, 2.75) is 39.8 Å². The molecular formula is C22H28ClN3O4. The lowest BCUT2D eigenvalue weighted by Crippen LogP contribution is -2.50. The topological polar surface area (TPSA) is 97.4 Å². The van der Waals surface area contributed by atoms with E-state index in [4.69, 9.17) is 4.74 Å².